The average Bonchev–Trinajstić information content (AvgIpc) is 1.64. The van der Waals surface area contributed by atoms with E-state index in [0.717, 1.165) is 13.1 Å². The van der Waals surface area contributed by atoms with E-state index in [4.69, 9.17) is 0 Å². The lowest BCUT2D eigenvalue weighted by molar-refractivity contribution is 0.553. The number of hydrogen-bond donors (Lipinski definition) is 1. The van der Waals surface area contributed by atoms with Crippen LogP contribution in [0.3, 0.4) is 0 Å². The van der Waals surface area contributed by atoms with E-state index < -0.39 is 0 Å². The summed E-state index contributed by atoms with van der Waals surface area (Å²) in [7, 11) is 0. The Hall–Kier alpha value is 0.920. The molecule has 48 valence electrons. The number of rotatable bonds is 0. The number of nitrogens with one attached hydrogen (secondary N) is 1. The first-order valence-electron chi connectivity index (χ1n) is 2.78. The molecule has 1 N–H and O–H groups in total. The Morgan fingerprint density at radius 2 is 1.62 bits per heavy atom. The Kier molecular flexibility index (Phi) is 2.80. The van der Waals surface area contributed by atoms with Crippen LogP contribution in [0.4, 0.5) is 0 Å². The van der Waals surface area contributed by atoms with Crippen LogP contribution in [0.25, 0.3) is 0 Å². The molecule has 0 aromatic carbocycles. The molecule has 0 radical (unpaired) electrons. The second-order valence-electron chi connectivity index (χ2n) is 2.09. The molecule has 1 aliphatic heterocycles. The molecular formula is C5H9Br2N. The highest BCUT2D eigenvalue weighted by atomic mass is 79.9. The van der Waals surface area contributed by atoms with Crippen molar-refractivity contribution in [1.82, 2.24) is 5.32 Å². The molecule has 0 aliphatic carbocycles. The maximum absolute atomic E-state index is 3.54. The highest BCUT2D eigenvalue weighted by Gasteiger charge is 2.15. The van der Waals surface area contributed by atoms with E-state index in [2.05, 4.69) is 37.2 Å². The monoisotopic (exact) mass is 241 g/mol. The molecule has 1 aliphatic rings. The van der Waals surface area contributed by atoms with Gasteiger partial charge in [0.2, 0.25) is 0 Å². The van der Waals surface area contributed by atoms with Crippen molar-refractivity contribution < 1.29 is 0 Å². The van der Waals surface area contributed by atoms with Crippen LogP contribution in [0.1, 0.15) is 6.42 Å². The number of alkyl halides is 2. The zero-order chi connectivity index (χ0) is 5.98. The predicted molar refractivity (Wildman–Crippen MR) is 42.9 cm³/mol. The lowest BCUT2D eigenvalue weighted by Crippen LogP contribution is -2.36. The van der Waals surface area contributed by atoms with Crippen molar-refractivity contribution in [2.45, 2.75) is 16.1 Å². The Morgan fingerprint density at radius 1 is 1.12 bits per heavy atom. The van der Waals surface area contributed by atoms with E-state index in [0.29, 0.717) is 9.65 Å². The van der Waals surface area contributed by atoms with Crippen molar-refractivity contribution in [3.05, 3.63) is 0 Å². The third-order valence-electron chi connectivity index (χ3n) is 1.24. The molecular weight excluding hydrogens is 234 g/mol. The average molecular weight is 243 g/mol. The van der Waals surface area contributed by atoms with Crippen LogP contribution in [0.2, 0.25) is 0 Å². The maximum atomic E-state index is 3.54. The third kappa shape index (κ3) is 2.03. The van der Waals surface area contributed by atoms with E-state index >= 15 is 0 Å². The number of hydrogen-bond acceptors (Lipinski definition) is 1. The highest BCUT2D eigenvalue weighted by molar-refractivity contribution is 9.10. The molecule has 3 heteroatoms. The molecule has 0 unspecified atom stereocenters. The Balaban J connectivity index is 2.23. The second kappa shape index (κ2) is 3.18. The summed E-state index contributed by atoms with van der Waals surface area (Å²) in [4.78, 5) is 1.33. The van der Waals surface area contributed by atoms with Gasteiger partial charge in [-0.25, -0.2) is 0 Å². The van der Waals surface area contributed by atoms with Gasteiger partial charge in [-0.3, -0.25) is 0 Å². The minimum absolute atomic E-state index is 0.667. The first-order chi connectivity index (χ1) is 3.79. The normalized spacial score (nSPS) is 39.8. The molecule has 1 heterocycles. The summed E-state index contributed by atoms with van der Waals surface area (Å²) in [6, 6.07) is 0. The fourth-order valence-corrected chi connectivity index (χ4v) is 2.70. The first-order valence-corrected chi connectivity index (χ1v) is 4.61. The van der Waals surface area contributed by atoms with Gasteiger partial charge < -0.3 is 5.32 Å². The van der Waals surface area contributed by atoms with Gasteiger partial charge in [-0.15, -0.1) is 0 Å². The molecule has 0 saturated carbocycles. The minimum Gasteiger partial charge on any atom is -0.315 e. The van der Waals surface area contributed by atoms with E-state index in [-0.39, 0.29) is 0 Å². The predicted octanol–water partition coefficient (Wildman–Crippen LogP) is 1.51. The van der Waals surface area contributed by atoms with Gasteiger partial charge in [0.15, 0.2) is 0 Å². The van der Waals surface area contributed by atoms with Crippen LogP contribution in [0, 0.1) is 0 Å². The zero-order valence-corrected chi connectivity index (χ0v) is 7.70. The fourth-order valence-electron chi connectivity index (χ4n) is 0.841. The summed E-state index contributed by atoms with van der Waals surface area (Å²) in [5, 5.41) is 3.29. The second-order valence-corrected chi connectivity index (χ2v) is 4.68. The summed E-state index contributed by atoms with van der Waals surface area (Å²) < 4.78 is 0. The van der Waals surface area contributed by atoms with E-state index in [1.54, 1.807) is 0 Å². The van der Waals surface area contributed by atoms with Crippen molar-refractivity contribution in [2.75, 3.05) is 13.1 Å². The van der Waals surface area contributed by atoms with E-state index in [1.807, 2.05) is 0 Å². The van der Waals surface area contributed by atoms with Crippen LogP contribution >= 0.6 is 31.9 Å². The van der Waals surface area contributed by atoms with Crippen LogP contribution in [-0.4, -0.2) is 22.7 Å². The van der Waals surface area contributed by atoms with Gasteiger partial charge >= 0.3 is 0 Å². The van der Waals surface area contributed by atoms with Crippen LogP contribution in [-0.2, 0) is 0 Å². The van der Waals surface area contributed by atoms with Crippen molar-refractivity contribution in [2.24, 2.45) is 0 Å². The van der Waals surface area contributed by atoms with Crippen molar-refractivity contribution >= 4 is 31.9 Å². The van der Waals surface area contributed by atoms with Gasteiger partial charge in [0, 0.05) is 22.7 Å². The summed E-state index contributed by atoms with van der Waals surface area (Å²) in [5.74, 6) is 0. The molecule has 1 nitrogen and oxygen atoms in total. The molecule has 0 bridgehead atoms. The SMILES string of the molecule is Br[C@H]1CNC[C@H](Br)C1. The summed E-state index contributed by atoms with van der Waals surface area (Å²) in [6.07, 6.45) is 1.24. The summed E-state index contributed by atoms with van der Waals surface area (Å²) in [6.45, 7) is 2.23. The molecule has 1 saturated heterocycles. The van der Waals surface area contributed by atoms with Gasteiger partial charge in [-0.1, -0.05) is 31.9 Å². The molecule has 2 atom stereocenters. The summed E-state index contributed by atoms with van der Waals surface area (Å²) in [5.41, 5.74) is 0. The van der Waals surface area contributed by atoms with Gasteiger partial charge in [-0.2, -0.15) is 0 Å². The highest BCUT2D eigenvalue weighted by Crippen LogP contribution is 2.16. The molecule has 1 rings (SSSR count). The van der Waals surface area contributed by atoms with Crippen molar-refractivity contribution in [3.8, 4) is 0 Å². The molecule has 0 spiro atoms. The zero-order valence-electron chi connectivity index (χ0n) is 4.53. The lowest BCUT2D eigenvalue weighted by Gasteiger charge is -2.21. The standard InChI is InChI=1S/C5H9Br2N/c6-4-1-5(7)3-8-2-4/h4-5,8H,1-3H2/t4-,5-/m1/s1. The first kappa shape index (κ1) is 7.03. The number of halogens is 2. The van der Waals surface area contributed by atoms with Crippen molar-refractivity contribution in [3.63, 3.8) is 0 Å². The van der Waals surface area contributed by atoms with Gasteiger partial charge in [0.05, 0.1) is 0 Å². The van der Waals surface area contributed by atoms with Crippen molar-refractivity contribution in [1.29, 1.82) is 0 Å². The molecule has 0 aromatic rings. The molecule has 0 amide bonds. The summed E-state index contributed by atoms with van der Waals surface area (Å²) >= 11 is 7.07. The Labute approximate surface area is 66.5 Å². The van der Waals surface area contributed by atoms with Gasteiger partial charge in [-0.05, 0) is 6.42 Å². The maximum Gasteiger partial charge on any atom is 0.0281 e. The van der Waals surface area contributed by atoms with Crippen LogP contribution in [0.15, 0.2) is 0 Å². The quantitative estimate of drug-likeness (QED) is 0.636. The Bertz CT molecular complexity index is 68.8. The fraction of sp³-hybridized carbons (Fsp3) is 1.00. The minimum atomic E-state index is 0.667. The van der Waals surface area contributed by atoms with E-state index in [1.165, 1.54) is 6.42 Å². The topological polar surface area (TPSA) is 12.0 Å². The molecule has 1 fully saturated rings. The lowest BCUT2D eigenvalue weighted by atomic mass is 10.2. The van der Waals surface area contributed by atoms with Crippen LogP contribution < -0.4 is 5.32 Å². The third-order valence-corrected chi connectivity index (χ3v) is 2.64. The van der Waals surface area contributed by atoms with Gasteiger partial charge in [0.1, 0.15) is 0 Å². The Morgan fingerprint density at radius 3 is 1.88 bits per heavy atom. The molecule has 8 heavy (non-hydrogen) atoms. The van der Waals surface area contributed by atoms with E-state index in [9.17, 15) is 0 Å². The van der Waals surface area contributed by atoms with Crippen LogP contribution in [0.5, 0.6) is 0 Å². The van der Waals surface area contributed by atoms with Gasteiger partial charge in [0.25, 0.3) is 0 Å². The largest absolute Gasteiger partial charge is 0.315 e. The smallest absolute Gasteiger partial charge is 0.0281 e. The molecule has 0 aromatic heterocycles. The number of piperidine rings is 1.